The van der Waals surface area contributed by atoms with Crippen LogP contribution in [0.15, 0.2) is 18.2 Å². The molecule has 0 amide bonds. The topological polar surface area (TPSA) is 33.7 Å². The van der Waals surface area contributed by atoms with Crippen LogP contribution in [0.1, 0.15) is 25.3 Å². The van der Waals surface area contributed by atoms with Gasteiger partial charge < -0.3 is 14.8 Å². The molecule has 2 heterocycles. The van der Waals surface area contributed by atoms with Crippen molar-refractivity contribution in [2.45, 2.75) is 32.4 Å². The van der Waals surface area contributed by atoms with Gasteiger partial charge in [-0.1, -0.05) is 13.0 Å². The summed E-state index contributed by atoms with van der Waals surface area (Å²) in [7, 11) is 0. The lowest BCUT2D eigenvalue weighted by Gasteiger charge is -2.24. The average Bonchev–Trinajstić information content (AvgIpc) is 3.08. The molecule has 1 fully saturated rings. The Morgan fingerprint density at radius 3 is 3.00 bits per heavy atom. The number of rotatable bonds is 5. The minimum atomic E-state index is 0.349. The molecular weight excluding hydrogens is 240 g/mol. The fourth-order valence-corrected chi connectivity index (χ4v) is 2.83. The summed E-state index contributed by atoms with van der Waals surface area (Å²) < 4.78 is 10.8. The van der Waals surface area contributed by atoms with Gasteiger partial charge in [-0.3, -0.25) is 4.90 Å². The van der Waals surface area contributed by atoms with Crippen LogP contribution in [-0.4, -0.2) is 37.4 Å². The van der Waals surface area contributed by atoms with Crippen LogP contribution in [0.4, 0.5) is 0 Å². The Hall–Kier alpha value is -1.26. The lowest BCUT2D eigenvalue weighted by Crippen LogP contribution is -2.37. The van der Waals surface area contributed by atoms with E-state index in [0.29, 0.717) is 12.8 Å². The van der Waals surface area contributed by atoms with Crippen molar-refractivity contribution in [3.63, 3.8) is 0 Å². The number of likely N-dealkylation sites (N-methyl/N-ethyl adjacent to an activating group) is 1. The highest BCUT2D eigenvalue weighted by atomic mass is 16.7. The molecule has 2 aliphatic rings. The van der Waals surface area contributed by atoms with Crippen molar-refractivity contribution in [3.05, 3.63) is 23.8 Å². The van der Waals surface area contributed by atoms with Crippen LogP contribution < -0.4 is 14.8 Å². The summed E-state index contributed by atoms with van der Waals surface area (Å²) in [5.41, 5.74) is 1.30. The van der Waals surface area contributed by atoms with Crippen molar-refractivity contribution >= 4 is 0 Å². The Labute approximate surface area is 114 Å². The van der Waals surface area contributed by atoms with Gasteiger partial charge in [0.05, 0.1) is 0 Å². The lowest BCUT2D eigenvalue weighted by atomic mass is 10.1. The summed E-state index contributed by atoms with van der Waals surface area (Å²) in [6, 6.07) is 6.92. The van der Waals surface area contributed by atoms with Crippen LogP contribution in [0.2, 0.25) is 0 Å². The molecule has 19 heavy (non-hydrogen) atoms. The van der Waals surface area contributed by atoms with E-state index >= 15 is 0 Å². The molecule has 1 saturated heterocycles. The number of benzene rings is 1. The molecular formula is C15H22N2O2. The molecule has 0 aromatic heterocycles. The Balaban J connectivity index is 1.61. The van der Waals surface area contributed by atoms with Crippen molar-refractivity contribution < 1.29 is 9.47 Å². The number of nitrogens with zero attached hydrogens (tertiary/aromatic N) is 1. The first kappa shape index (κ1) is 12.8. The zero-order chi connectivity index (χ0) is 13.1. The zero-order valence-corrected chi connectivity index (χ0v) is 11.5. The third-order valence-corrected chi connectivity index (χ3v) is 3.93. The standard InChI is InChI=1S/C15H22N2O2/c1-2-17(10-13-4-3-7-16-13)9-12-5-6-14-15(8-12)19-11-18-14/h5-6,8,13,16H,2-4,7,9-11H2,1H3. The van der Waals surface area contributed by atoms with Crippen molar-refractivity contribution in [2.24, 2.45) is 0 Å². The van der Waals surface area contributed by atoms with E-state index in [1.54, 1.807) is 0 Å². The fourth-order valence-electron chi connectivity index (χ4n) is 2.83. The van der Waals surface area contributed by atoms with Crippen molar-refractivity contribution in [2.75, 3.05) is 26.4 Å². The first-order valence-electron chi connectivity index (χ1n) is 7.19. The third kappa shape index (κ3) is 3.01. The van der Waals surface area contributed by atoms with Crippen molar-refractivity contribution in [1.82, 2.24) is 10.2 Å². The molecule has 4 nitrogen and oxygen atoms in total. The minimum Gasteiger partial charge on any atom is -0.454 e. The molecule has 1 N–H and O–H groups in total. The van der Waals surface area contributed by atoms with Crippen LogP contribution in [0.5, 0.6) is 11.5 Å². The van der Waals surface area contributed by atoms with E-state index in [1.807, 2.05) is 6.07 Å². The highest BCUT2D eigenvalue weighted by Crippen LogP contribution is 2.32. The minimum absolute atomic E-state index is 0.349. The van der Waals surface area contributed by atoms with Crippen molar-refractivity contribution in [1.29, 1.82) is 0 Å². The Bertz CT molecular complexity index is 430. The van der Waals surface area contributed by atoms with Gasteiger partial charge in [-0.2, -0.15) is 0 Å². The summed E-state index contributed by atoms with van der Waals surface area (Å²) in [6.45, 7) is 6.93. The molecule has 1 aromatic rings. The SMILES string of the molecule is CCN(Cc1ccc2c(c1)OCO2)CC1CCCN1. The first-order chi connectivity index (χ1) is 9.35. The molecule has 0 spiro atoms. The molecule has 1 aromatic carbocycles. The van der Waals surface area contributed by atoms with Gasteiger partial charge in [-0.05, 0) is 43.6 Å². The second-order valence-electron chi connectivity index (χ2n) is 5.31. The zero-order valence-electron chi connectivity index (χ0n) is 11.5. The maximum Gasteiger partial charge on any atom is 0.231 e. The number of nitrogens with one attached hydrogen (secondary N) is 1. The van der Waals surface area contributed by atoms with Crippen LogP contribution in [0.3, 0.4) is 0 Å². The maximum absolute atomic E-state index is 5.43. The summed E-state index contributed by atoms with van der Waals surface area (Å²) in [5.74, 6) is 1.75. The van der Waals surface area contributed by atoms with E-state index < -0.39 is 0 Å². The quantitative estimate of drug-likeness (QED) is 0.880. The van der Waals surface area contributed by atoms with Crippen LogP contribution >= 0.6 is 0 Å². The van der Waals surface area contributed by atoms with Gasteiger partial charge in [0.15, 0.2) is 11.5 Å². The Kier molecular flexibility index (Phi) is 3.89. The molecule has 0 aliphatic carbocycles. The van der Waals surface area contributed by atoms with E-state index in [-0.39, 0.29) is 0 Å². The Morgan fingerprint density at radius 1 is 1.32 bits per heavy atom. The molecule has 3 rings (SSSR count). The normalized spacial score (nSPS) is 21.3. The van der Waals surface area contributed by atoms with Crippen LogP contribution in [0.25, 0.3) is 0 Å². The third-order valence-electron chi connectivity index (χ3n) is 3.93. The average molecular weight is 262 g/mol. The molecule has 2 aliphatic heterocycles. The largest absolute Gasteiger partial charge is 0.454 e. The fraction of sp³-hybridized carbons (Fsp3) is 0.600. The van der Waals surface area contributed by atoms with E-state index in [4.69, 9.17) is 9.47 Å². The summed E-state index contributed by atoms with van der Waals surface area (Å²) in [5, 5.41) is 3.56. The monoisotopic (exact) mass is 262 g/mol. The molecule has 1 unspecified atom stereocenters. The summed E-state index contributed by atoms with van der Waals surface area (Å²) in [4.78, 5) is 2.49. The molecule has 4 heteroatoms. The van der Waals surface area contributed by atoms with E-state index in [2.05, 4.69) is 29.3 Å². The molecule has 1 atom stereocenters. The number of ether oxygens (including phenoxy) is 2. The van der Waals surface area contributed by atoms with Crippen molar-refractivity contribution in [3.8, 4) is 11.5 Å². The second-order valence-corrected chi connectivity index (χ2v) is 5.31. The van der Waals surface area contributed by atoms with E-state index in [9.17, 15) is 0 Å². The van der Waals surface area contributed by atoms with Gasteiger partial charge in [-0.25, -0.2) is 0 Å². The number of hydrogen-bond acceptors (Lipinski definition) is 4. The number of hydrogen-bond donors (Lipinski definition) is 1. The van der Waals surface area contributed by atoms with Gasteiger partial charge in [0.25, 0.3) is 0 Å². The van der Waals surface area contributed by atoms with Crippen LogP contribution in [-0.2, 0) is 6.54 Å². The molecule has 104 valence electrons. The summed E-state index contributed by atoms with van der Waals surface area (Å²) >= 11 is 0. The second kappa shape index (κ2) is 5.80. The predicted molar refractivity (Wildman–Crippen MR) is 74.5 cm³/mol. The van der Waals surface area contributed by atoms with E-state index in [0.717, 1.165) is 31.1 Å². The first-order valence-corrected chi connectivity index (χ1v) is 7.19. The molecule has 0 saturated carbocycles. The van der Waals surface area contributed by atoms with Gasteiger partial charge in [0.1, 0.15) is 0 Å². The maximum atomic E-state index is 5.43. The molecule has 0 bridgehead atoms. The van der Waals surface area contributed by atoms with Gasteiger partial charge >= 0.3 is 0 Å². The Morgan fingerprint density at radius 2 is 2.21 bits per heavy atom. The van der Waals surface area contributed by atoms with Gasteiger partial charge in [-0.15, -0.1) is 0 Å². The highest BCUT2D eigenvalue weighted by molar-refractivity contribution is 5.44. The van der Waals surface area contributed by atoms with Crippen LogP contribution in [0, 0.1) is 0 Å². The van der Waals surface area contributed by atoms with Gasteiger partial charge in [0.2, 0.25) is 6.79 Å². The van der Waals surface area contributed by atoms with Gasteiger partial charge in [0, 0.05) is 19.1 Å². The summed E-state index contributed by atoms with van der Waals surface area (Å²) in [6.07, 6.45) is 2.61. The highest BCUT2D eigenvalue weighted by Gasteiger charge is 2.18. The smallest absolute Gasteiger partial charge is 0.231 e. The predicted octanol–water partition coefficient (Wildman–Crippen LogP) is 1.99. The van der Waals surface area contributed by atoms with E-state index in [1.165, 1.54) is 24.9 Å². The lowest BCUT2D eigenvalue weighted by molar-refractivity contribution is 0.174. The molecule has 0 radical (unpaired) electrons. The number of fused-ring (bicyclic) bond motifs is 1.